The van der Waals surface area contributed by atoms with E-state index >= 15 is 0 Å². The van der Waals surface area contributed by atoms with Crippen molar-refractivity contribution < 1.29 is 27.7 Å². The molecule has 1 aromatic heterocycles. The molecule has 6 nitrogen and oxygen atoms in total. The average Bonchev–Trinajstić information content (AvgIpc) is 2.81. The van der Waals surface area contributed by atoms with E-state index in [0.717, 1.165) is 48.1 Å². The third kappa shape index (κ3) is 4.16. The van der Waals surface area contributed by atoms with Gasteiger partial charge in [-0.05, 0) is 36.6 Å². The minimum absolute atomic E-state index is 0.126. The van der Waals surface area contributed by atoms with Gasteiger partial charge in [0.1, 0.15) is 6.61 Å². The maximum atomic E-state index is 12.8. The molecule has 1 saturated carbocycles. The monoisotopic (exact) mass is 432 g/mol. The number of ether oxygens (including phenoxy) is 4. The largest absolute Gasteiger partial charge is 0.493 e. The molecule has 4 rings (SSSR count). The van der Waals surface area contributed by atoms with Crippen LogP contribution in [0.5, 0.6) is 23.1 Å². The SMILES string of the molecule is COc1cc2c(cc1OCC(F)F)C1CCCCC1N=C2c1cnc(OC)c(OC)c1. The first-order valence-electron chi connectivity index (χ1n) is 10.3. The van der Waals surface area contributed by atoms with Crippen LogP contribution < -0.4 is 18.9 Å². The van der Waals surface area contributed by atoms with Gasteiger partial charge in [-0.3, -0.25) is 4.99 Å². The van der Waals surface area contributed by atoms with Crippen LogP contribution in [-0.2, 0) is 0 Å². The summed E-state index contributed by atoms with van der Waals surface area (Å²) in [7, 11) is 4.60. The van der Waals surface area contributed by atoms with Crippen molar-refractivity contribution in [3.63, 3.8) is 0 Å². The fourth-order valence-electron chi connectivity index (χ4n) is 4.47. The molecule has 2 heterocycles. The molecular weight excluding hydrogens is 406 g/mol. The molecule has 2 aliphatic rings. The summed E-state index contributed by atoms with van der Waals surface area (Å²) in [6.07, 6.45) is 3.36. The number of halogens is 2. The smallest absolute Gasteiger partial charge is 0.272 e. The fourth-order valence-corrected chi connectivity index (χ4v) is 4.47. The standard InChI is InChI=1S/C23H26F2N2O4/c1-28-18-10-16-15(9-19(18)31-12-21(24)25)14-6-4-5-7-17(14)27-22(16)13-8-20(29-2)23(30-3)26-11-13/h8-11,14,17,21H,4-7,12H2,1-3H3. The Balaban J connectivity index is 1.84. The van der Waals surface area contributed by atoms with E-state index in [9.17, 15) is 8.78 Å². The first kappa shape index (κ1) is 21.3. The molecule has 0 saturated heterocycles. The predicted octanol–water partition coefficient (Wildman–Crippen LogP) is 4.63. The fraction of sp³-hybridized carbons (Fsp3) is 0.478. The number of pyridine rings is 1. The number of hydrogen-bond acceptors (Lipinski definition) is 6. The molecule has 0 bridgehead atoms. The number of fused-ring (bicyclic) bond motifs is 3. The summed E-state index contributed by atoms with van der Waals surface area (Å²) in [4.78, 5) is 9.45. The summed E-state index contributed by atoms with van der Waals surface area (Å²) in [5.41, 5.74) is 3.53. The first-order valence-corrected chi connectivity index (χ1v) is 10.3. The van der Waals surface area contributed by atoms with E-state index in [1.165, 1.54) is 14.2 Å². The van der Waals surface area contributed by atoms with Crippen molar-refractivity contribution in [3.05, 3.63) is 41.1 Å². The molecule has 2 atom stereocenters. The van der Waals surface area contributed by atoms with Crippen LogP contribution >= 0.6 is 0 Å². The van der Waals surface area contributed by atoms with E-state index in [0.29, 0.717) is 23.1 Å². The molecule has 0 radical (unpaired) electrons. The van der Waals surface area contributed by atoms with Crippen LogP contribution in [0.25, 0.3) is 0 Å². The van der Waals surface area contributed by atoms with Crippen LogP contribution in [0.1, 0.15) is 48.3 Å². The molecule has 8 heteroatoms. The number of alkyl halides is 2. The Kier molecular flexibility index (Phi) is 6.25. The van der Waals surface area contributed by atoms with Crippen molar-refractivity contribution in [2.45, 2.75) is 44.1 Å². The molecule has 1 fully saturated rings. The topological polar surface area (TPSA) is 62.2 Å². The Hall–Kier alpha value is -2.90. The second kappa shape index (κ2) is 9.08. The number of hydrogen-bond donors (Lipinski definition) is 0. The van der Waals surface area contributed by atoms with Gasteiger partial charge in [-0.1, -0.05) is 12.8 Å². The quantitative estimate of drug-likeness (QED) is 0.639. The van der Waals surface area contributed by atoms with Gasteiger partial charge >= 0.3 is 0 Å². The van der Waals surface area contributed by atoms with E-state index in [1.54, 1.807) is 13.3 Å². The number of aliphatic imine (C=N–C) groups is 1. The van der Waals surface area contributed by atoms with Gasteiger partial charge in [-0.25, -0.2) is 13.8 Å². The van der Waals surface area contributed by atoms with Crippen LogP contribution in [0, 0.1) is 0 Å². The summed E-state index contributed by atoms with van der Waals surface area (Å²) >= 11 is 0. The van der Waals surface area contributed by atoms with Crippen LogP contribution in [0.15, 0.2) is 29.4 Å². The lowest BCUT2D eigenvalue weighted by molar-refractivity contribution is 0.0803. The highest BCUT2D eigenvalue weighted by Gasteiger charge is 2.35. The van der Waals surface area contributed by atoms with Crippen molar-refractivity contribution in [1.82, 2.24) is 4.98 Å². The molecule has 2 unspecified atom stereocenters. The molecule has 1 aromatic carbocycles. The van der Waals surface area contributed by atoms with Gasteiger partial charge in [0.25, 0.3) is 12.3 Å². The summed E-state index contributed by atoms with van der Waals surface area (Å²) in [5, 5.41) is 0. The second-order valence-electron chi connectivity index (χ2n) is 7.66. The van der Waals surface area contributed by atoms with Gasteiger partial charge in [0, 0.05) is 23.2 Å². The minimum atomic E-state index is -2.56. The molecule has 1 aliphatic carbocycles. The van der Waals surface area contributed by atoms with Crippen LogP contribution in [0.4, 0.5) is 8.78 Å². The lowest BCUT2D eigenvalue weighted by Crippen LogP contribution is -2.29. The van der Waals surface area contributed by atoms with Crippen molar-refractivity contribution in [3.8, 4) is 23.1 Å². The zero-order valence-electron chi connectivity index (χ0n) is 17.9. The van der Waals surface area contributed by atoms with Crippen LogP contribution in [0.3, 0.4) is 0 Å². The highest BCUT2D eigenvalue weighted by molar-refractivity contribution is 6.15. The Bertz CT molecular complexity index is 980. The van der Waals surface area contributed by atoms with Gasteiger partial charge in [-0.15, -0.1) is 0 Å². The highest BCUT2D eigenvalue weighted by atomic mass is 19.3. The predicted molar refractivity (Wildman–Crippen MR) is 112 cm³/mol. The minimum Gasteiger partial charge on any atom is -0.493 e. The van der Waals surface area contributed by atoms with Crippen molar-refractivity contribution in [1.29, 1.82) is 0 Å². The van der Waals surface area contributed by atoms with Gasteiger partial charge in [0.15, 0.2) is 17.2 Å². The maximum absolute atomic E-state index is 12.8. The molecule has 0 N–H and O–H groups in total. The highest BCUT2D eigenvalue weighted by Crippen LogP contribution is 2.45. The first-order chi connectivity index (χ1) is 15.0. The maximum Gasteiger partial charge on any atom is 0.272 e. The van der Waals surface area contributed by atoms with Gasteiger partial charge in [0.05, 0.1) is 33.1 Å². The zero-order valence-corrected chi connectivity index (χ0v) is 17.9. The molecule has 31 heavy (non-hydrogen) atoms. The van der Waals surface area contributed by atoms with Crippen molar-refractivity contribution in [2.75, 3.05) is 27.9 Å². The Morgan fingerprint density at radius 2 is 1.74 bits per heavy atom. The summed E-state index contributed by atoms with van der Waals surface area (Å²) in [6, 6.07) is 5.66. The lowest BCUT2D eigenvalue weighted by atomic mass is 9.75. The van der Waals surface area contributed by atoms with Gasteiger partial charge in [0.2, 0.25) is 0 Å². The molecule has 166 valence electrons. The molecular formula is C23H26F2N2O4. The zero-order chi connectivity index (χ0) is 22.0. The third-order valence-corrected chi connectivity index (χ3v) is 5.88. The molecule has 0 spiro atoms. The molecule has 1 aliphatic heterocycles. The Labute approximate surface area is 180 Å². The number of aromatic nitrogens is 1. The summed E-state index contributed by atoms with van der Waals surface area (Å²) in [5.74, 6) is 1.86. The lowest BCUT2D eigenvalue weighted by Gasteiger charge is -2.35. The molecule has 2 aromatic rings. The van der Waals surface area contributed by atoms with Crippen LogP contribution in [0.2, 0.25) is 0 Å². The Morgan fingerprint density at radius 3 is 2.45 bits per heavy atom. The summed E-state index contributed by atoms with van der Waals surface area (Å²) < 4.78 is 47.1. The van der Waals surface area contributed by atoms with Gasteiger partial charge < -0.3 is 18.9 Å². The Morgan fingerprint density at radius 1 is 0.968 bits per heavy atom. The normalized spacial score (nSPS) is 19.9. The van der Waals surface area contributed by atoms with E-state index in [4.69, 9.17) is 23.9 Å². The van der Waals surface area contributed by atoms with E-state index < -0.39 is 13.0 Å². The van der Waals surface area contributed by atoms with Crippen LogP contribution in [-0.4, -0.2) is 51.1 Å². The van der Waals surface area contributed by atoms with E-state index in [2.05, 4.69) is 4.98 Å². The van der Waals surface area contributed by atoms with E-state index in [-0.39, 0.29) is 12.0 Å². The number of methoxy groups -OCH3 is 3. The van der Waals surface area contributed by atoms with Crippen molar-refractivity contribution >= 4 is 5.71 Å². The molecule has 0 amide bonds. The van der Waals surface area contributed by atoms with Gasteiger partial charge in [-0.2, -0.15) is 0 Å². The number of benzene rings is 1. The second-order valence-corrected chi connectivity index (χ2v) is 7.66. The number of rotatable bonds is 7. The number of nitrogens with zero attached hydrogens (tertiary/aromatic N) is 2. The van der Waals surface area contributed by atoms with Crippen molar-refractivity contribution in [2.24, 2.45) is 4.99 Å². The average molecular weight is 432 g/mol. The third-order valence-electron chi connectivity index (χ3n) is 5.88. The van der Waals surface area contributed by atoms with E-state index in [1.807, 2.05) is 18.2 Å². The summed E-state index contributed by atoms with van der Waals surface area (Å²) in [6.45, 7) is -0.677.